The maximum atomic E-state index is 12.4. The largest absolute Gasteiger partial charge is 0.340 e. The van der Waals surface area contributed by atoms with E-state index in [-0.39, 0.29) is 23.1 Å². The number of benzene rings is 1. The Morgan fingerprint density at radius 2 is 1.44 bits per heavy atom. The molecule has 6 nitrogen and oxygen atoms in total. The molecule has 0 spiro atoms. The Hall–Kier alpha value is -2.21. The molecule has 3 amide bonds. The van der Waals surface area contributed by atoms with Gasteiger partial charge in [0, 0.05) is 44.7 Å². The summed E-state index contributed by atoms with van der Waals surface area (Å²) in [5, 5.41) is 0. The lowest BCUT2D eigenvalue weighted by Gasteiger charge is -2.38. The highest BCUT2D eigenvalue weighted by Crippen LogP contribution is 2.22. The molecule has 1 saturated heterocycles. The number of imide groups is 1. The molecule has 0 radical (unpaired) electrons. The van der Waals surface area contributed by atoms with Gasteiger partial charge < -0.3 is 4.90 Å². The zero-order valence-corrected chi connectivity index (χ0v) is 15.1. The van der Waals surface area contributed by atoms with Gasteiger partial charge in [0.1, 0.15) is 0 Å². The molecule has 1 aromatic carbocycles. The van der Waals surface area contributed by atoms with Gasteiger partial charge in [0.05, 0.1) is 11.1 Å². The number of amides is 3. The first kappa shape index (κ1) is 17.6. The van der Waals surface area contributed by atoms with Crippen LogP contribution in [0.3, 0.4) is 0 Å². The normalized spacial score (nSPS) is 18.7. The summed E-state index contributed by atoms with van der Waals surface area (Å²) >= 11 is 0. The highest BCUT2D eigenvalue weighted by molar-refractivity contribution is 6.21. The lowest BCUT2D eigenvalue weighted by Crippen LogP contribution is -2.52. The Bertz CT molecular complexity index is 665. The number of hydrogen-bond acceptors (Lipinski definition) is 4. The first-order chi connectivity index (χ1) is 11.8. The fraction of sp³-hybridized carbons (Fsp3) is 0.526. The Labute approximate surface area is 148 Å². The standard InChI is InChI=1S/C19H25N3O3/c1-19(2,3)18(25)21-11-8-20(9-12-21)10-13-22-16(23)14-6-4-5-7-15(14)17(22)24/h4-7H,8-13H2,1-3H3. The predicted molar refractivity (Wildman–Crippen MR) is 94.3 cm³/mol. The maximum absolute atomic E-state index is 12.4. The zero-order valence-electron chi connectivity index (χ0n) is 15.1. The molecule has 0 aliphatic carbocycles. The molecule has 25 heavy (non-hydrogen) atoms. The number of nitrogens with zero attached hydrogens (tertiary/aromatic N) is 3. The van der Waals surface area contributed by atoms with E-state index in [1.807, 2.05) is 25.7 Å². The van der Waals surface area contributed by atoms with Crippen LogP contribution in [0.4, 0.5) is 0 Å². The summed E-state index contributed by atoms with van der Waals surface area (Å²) < 4.78 is 0. The number of hydrogen-bond donors (Lipinski definition) is 0. The minimum atomic E-state index is -0.359. The van der Waals surface area contributed by atoms with E-state index in [0.29, 0.717) is 37.3 Å². The van der Waals surface area contributed by atoms with Crippen LogP contribution >= 0.6 is 0 Å². The van der Waals surface area contributed by atoms with Gasteiger partial charge in [-0.2, -0.15) is 0 Å². The minimum absolute atomic E-state index is 0.174. The summed E-state index contributed by atoms with van der Waals surface area (Å²) in [6, 6.07) is 6.96. The van der Waals surface area contributed by atoms with Crippen LogP contribution in [0.2, 0.25) is 0 Å². The Balaban J connectivity index is 1.52. The van der Waals surface area contributed by atoms with Crippen LogP contribution in [0.15, 0.2) is 24.3 Å². The van der Waals surface area contributed by atoms with E-state index < -0.39 is 0 Å². The Morgan fingerprint density at radius 1 is 0.920 bits per heavy atom. The van der Waals surface area contributed by atoms with Crippen LogP contribution in [-0.4, -0.2) is 71.7 Å². The predicted octanol–water partition coefficient (Wildman–Crippen LogP) is 1.47. The molecule has 1 aromatic rings. The quantitative estimate of drug-likeness (QED) is 0.780. The van der Waals surface area contributed by atoms with Crippen molar-refractivity contribution in [3.05, 3.63) is 35.4 Å². The molecule has 0 aromatic heterocycles. The van der Waals surface area contributed by atoms with E-state index in [2.05, 4.69) is 4.90 Å². The third-order valence-electron chi connectivity index (χ3n) is 4.82. The zero-order chi connectivity index (χ0) is 18.2. The van der Waals surface area contributed by atoms with Crippen LogP contribution in [0, 0.1) is 5.41 Å². The molecule has 0 bridgehead atoms. The monoisotopic (exact) mass is 343 g/mol. The van der Waals surface area contributed by atoms with Crippen LogP contribution in [0.1, 0.15) is 41.5 Å². The molecule has 2 aliphatic rings. The summed E-state index contributed by atoms with van der Waals surface area (Å²) in [5.41, 5.74) is 0.628. The SMILES string of the molecule is CC(C)(C)C(=O)N1CCN(CCN2C(=O)c3ccccc3C2=O)CC1. The number of rotatable bonds is 3. The lowest BCUT2D eigenvalue weighted by atomic mass is 9.94. The second-order valence-electron chi connectivity index (χ2n) is 7.69. The van der Waals surface area contributed by atoms with Gasteiger partial charge in [0.2, 0.25) is 5.91 Å². The summed E-state index contributed by atoms with van der Waals surface area (Å²) in [6.07, 6.45) is 0. The van der Waals surface area contributed by atoms with Crippen molar-refractivity contribution in [1.29, 1.82) is 0 Å². The van der Waals surface area contributed by atoms with E-state index in [1.165, 1.54) is 4.90 Å². The molecule has 2 heterocycles. The maximum Gasteiger partial charge on any atom is 0.261 e. The van der Waals surface area contributed by atoms with Crippen LogP contribution in [0.5, 0.6) is 0 Å². The second kappa shape index (κ2) is 6.59. The molecule has 2 aliphatic heterocycles. The number of piperazine rings is 1. The molecular weight excluding hydrogens is 318 g/mol. The molecule has 0 atom stereocenters. The van der Waals surface area contributed by atoms with Crippen molar-refractivity contribution < 1.29 is 14.4 Å². The number of fused-ring (bicyclic) bond motifs is 1. The number of carbonyl (C=O) groups is 3. The Morgan fingerprint density at radius 3 is 1.92 bits per heavy atom. The van der Waals surface area contributed by atoms with Crippen LogP contribution in [-0.2, 0) is 4.79 Å². The van der Waals surface area contributed by atoms with Crippen molar-refractivity contribution in [1.82, 2.24) is 14.7 Å². The first-order valence-corrected chi connectivity index (χ1v) is 8.76. The molecule has 3 rings (SSSR count). The van der Waals surface area contributed by atoms with Crippen molar-refractivity contribution in [2.45, 2.75) is 20.8 Å². The van der Waals surface area contributed by atoms with Gasteiger partial charge in [-0.15, -0.1) is 0 Å². The summed E-state index contributed by atoms with van der Waals surface area (Å²) in [4.78, 5) is 42.5. The molecule has 1 fully saturated rings. The van der Waals surface area contributed by atoms with E-state index in [1.54, 1.807) is 24.3 Å². The molecule has 0 N–H and O–H groups in total. The van der Waals surface area contributed by atoms with E-state index in [4.69, 9.17) is 0 Å². The summed E-state index contributed by atoms with van der Waals surface area (Å²) in [7, 11) is 0. The first-order valence-electron chi connectivity index (χ1n) is 8.76. The van der Waals surface area contributed by atoms with Gasteiger partial charge in [-0.3, -0.25) is 24.2 Å². The topological polar surface area (TPSA) is 60.9 Å². The van der Waals surface area contributed by atoms with Crippen molar-refractivity contribution in [2.24, 2.45) is 5.41 Å². The van der Waals surface area contributed by atoms with Crippen LogP contribution in [0.25, 0.3) is 0 Å². The molecule has 6 heteroatoms. The fourth-order valence-corrected chi connectivity index (χ4v) is 3.33. The van der Waals surface area contributed by atoms with Crippen LogP contribution < -0.4 is 0 Å². The highest BCUT2D eigenvalue weighted by atomic mass is 16.2. The van der Waals surface area contributed by atoms with Gasteiger partial charge in [0.15, 0.2) is 0 Å². The van der Waals surface area contributed by atoms with E-state index in [0.717, 1.165) is 13.1 Å². The third-order valence-corrected chi connectivity index (χ3v) is 4.82. The fourth-order valence-electron chi connectivity index (χ4n) is 3.33. The number of carbonyl (C=O) groups excluding carboxylic acids is 3. The average Bonchev–Trinajstić information content (AvgIpc) is 2.83. The molecule has 0 unspecified atom stereocenters. The van der Waals surface area contributed by atoms with Gasteiger partial charge in [-0.25, -0.2) is 0 Å². The molecular formula is C19H25N3O3. The molecule has 0 saturated carbocycles. The van der Waals surface area contributed by atoms with Gasteiger partial charge in [0.25, 0.3) is 11.8 Å². The Kier molecular flexibility index (Phi) is 4.64. The third kappa shape index (κ3) is 3.44. The summed E-state index contributed by atoms with van der Waals surface area (Å²) in [5.74, 6) is -0.239. The second-order valence-corrected chi connectivity index (χ2v) is 7.69. The highest BCUT2D eigenvalue weighted by Gasteiger charge is 2.35. The summed E-state index contributed by atoms with van der Waals surface area (Å²) in [6.45, 7) is 9.76. The average molecular weight is 343 g/mol. The minimum Gasteiger partial charge on any atom is -0.340 e. The van der Waals surface area contributed by atoms with Gasteiger partial charge in [-0.1, -0.05) is 32.9 Å². The van der Waals surface area contributed by atoms with Gasteiger partial charge in [-0.05, 0) is 12.1 Å². The van der Waals surface area contributed by atoms with E-state index >= 15 is 0 Å². The van der Waals surface area contributed by atoms with E-state index in [9.17, 15) is 14.4 Å². The molecule has 134 valence electrons. The van der Waals surface area contributed by atoms with Crippen molar-refractivity contribution in [3.63, 3.8) is 0 Å². The van der Waals surface area contributed by atoms with Crippen molar-refractivity contribution >= 4 is 17.7 Å². The smallest absolute Gasteiger partial charge is 0.261 e. The van der Waals surface area contributed by atoms with Gasteiger partial charge >= 0.3 is 0 Å². The lowest BCUT2D eigenvalue weighted by molar-refractivity contribution is -0.141. The van der Waals surface area contributed by atoms with Crippen molar-refractivity contribution in [2.75, 3.05) is 39.3 Å². The van der Waals surface area contributed by atoms with Crippen molar-refractivity contribution in [3.8, 4) is 0 Å².